The Kier molecular flexibility index (Phi) is 2.78. The van der Waals surface area contributed by atoms with Crippen LogP contribution in [0.15, 0.2) is 42.9 Å². The summed E-state index contributed by atoms with van der Waals surface area (Å²) < 4.78 is 5.06. The zero-order valence-electron chi connectivity index (χ0n) is 8.34. The monoisotopic (exact) mass is 201 g/mol. The average molecular weight is 201 g/mol. The molecule has 76 valence electrons. The predicted molar refractivity (Wildman–Crippen MR) is 58.3 cm³/mol. The van der Waals surface area contributed by atoms with E-state index >= 15 is 0 Å². The lowest BCUT2D eigenvalue weighted by molar-refractivity contribution is 0.415. The van der Waals surface area contributed by atoms with Gasteiger partial charge in [0.05, 0.1) is 13.3 Å². The minimum atomic E-state index is 0.725. The Labute approximate surface area is 88.0 Å². The van der Waals surface area contributed by atoms with E-state index in [0.29, 0.717) is 0 Å². The highest BCUT2D eigenvalue weighted by atomic mass is 16.5. The molecule has 0 fully saturated rings. The summed E-state index contributed by atoms with van der Waals surface area (Å²) in [6.45, 7) is 0. The molecule has 1 N–H and O–H groups in total. The number of ether oxygens (including phenoxy) is 1. The van der Waals surface area contributed by atoms with Crippen LogP contribution in [0.4, 0.5) is 11.5 Å². The van der Waals surface area contributed by atoms with Crippen molar-refractivity contribution in [2.24, 2.45) is 0 Å². The van der Waals surface area contributed by atoms with Crippen LogP contribution in [-0.2, 0) is 0 Å². The summed E-state index contributed by atoms with van der Waals surface area (Å²) in [5, 5.41) is 3.13. The Morgan fingerprint density at radius 1 is 1.13 bits per heavy atom. The van der Waals surface area contributed by atoms with Gasteiger partial charge >= 0.3 is 0 Å². The first-order chi connectivity index (χ1) is 7.38. The number of benzene rings is 1. The molecule has 4 nitrogen and oxygen atoms in total. The minimum Gasteiger partial charge on any atom is -0.497 e. The third-order valence-electron chi connectivity index (χ3n) is 1.93. The molecule has 1 heterocycles. The van der Waals surface area contributed by atoms with Gasteiger partial charge in [-0.05, 0) is 24.3 Å². The van der Waals surface area contributed by atoms with E-state index < -0.39 is 0 Å². The maximum Gasteiger partial charge on any atom is 0.148 e. The molecule has 0 aliphatic heterocycles. The normalized spacial score (nSPS) is 9.67. The minimum absolute atomic E-state index is 0.725. The summed E-state index contributed by atoms with van der Waals surface area (Å²) >= 11 is 0. The van der Waals surface area contributed by atoms with E-state index in [0.717, 1.165) is 17.3 Å². The quantitative estimate of drug-likeness (QED) is 0.827. The van der Waals surface area contributed by atoms with Crippen molar-refractivity contribution in [1.82, 2.24) is 9.97 Å². The number of anilines is 2. The number of nitrogens with zero attached hydrogens (tertiary/aromatic N) is 2. The zero-order valence-corrected chi connectivity index (χ0v) is 8.34. The van der Waals surface area contributed by atoms with Gasteiger partial charge in [-0.25, -0.2) is 4.98 Å². The van der Waals surface area contributed by atoms with E-state index in [-0.39, 0.29) is 0 Å². The number of methoxy groups -OCH3 is 1. The second kappa shape index (κ2) is 4.41. The number of hydrogen-bond acceptors (Lipinski definition) is 4. The van der Waals surface area contributed by atoms with Crippen molar-refractivity contribution in [2.75, 3.05) is 12.4 Å². The highest BCUT2D eigenvalue weighted by molar-refractivity contribution is 5.56. The summed E-state index contributed by atoms with van der Waals surface area (Å²) in [6.07, 6.45) is 4.95. The molecule has 0 unspecified atom stereocenters. The van der Waals surface area contributed by atoms with Gasteiger partial charge in [0.1, 0.15) is 11.6 Å². The van der Waals surface area contributed by atoms with Gasteiger partial charge in [0.15, 0.2) is 0 Å². The van der Waals surface area contributed by atoms with Crippen molar-refractivity contribution >= 4 is 11.5 Å². The fraction of sp³-hybridized carbons (Fsp3) is 0.0909. The zero-order chi connectivity index (χ0) is 10.5. The van der Waals surface area contributed by atoms with Crippen molar-refractivity contribution in [1.29, 1.82) is 0 Å². The molecule has 2 aromatic rings. The number of nitrogens with one attached hydrogen (secondary N) is 1. The lowest BCUT2D eigenvalue weighted by Gasteiger charge is -2.05. The van der Waals surface area contributed by atoms with Gasteiger partial charge in [0.25, 0.3) is 0 Å². The number of hydrogen-bond donors (Lipinski definition) is 1. The fourth-order valence-corrected chi connectivity index (χ4v) is 1.19. The summed E-state index contributed by atoms with van der Waals surface area (Å²) in [7, 11) is 1.64. The van der Waals surface area contributed by atoms with Crippen LogP contribution in [0, 0.1) is 0 Å². The van der Waals surface area contributed by atoms with E-state index in [1.807, 2.05) is 24.3 Å². The Hall–Kier alpha value is -2.10. The van der Waals surface area contributed by atoms with E-state index in [2.05, 4.69) is 15.3 Å². The topological polar surface area (TPSA) is 47.0 Å². The van der Waals surface area contributed by atoms with Crippen LogP contribution in [0.3, 0.4) is 0 Å². The van der Waals surface area contributed by atoms with Crippen LogP contribution in [0.25, 0.3) is 0 Å². The molecule has 1 aromatic carbocycles. The molecule has 2 rings (SSSR count). The fourth-order valence-electron chi connectivity index (χ4n) is 1.19. The molecule has 1 aromatic heterocycles. The van der Waals surface area contributed by atoms with E-state index in [1.165, 1.54) is 0 Å². The van der Waals surface area contributed by atoms with Crippen LogP contribution in [-0.4, -0.2) is 17.1 Å². The van der Waals surface area contributed by atoms with Crippen LogP contribution in [0.5, 0.6) is 5.75 Å². The molecule has 0 radical (unpaired) electrons. The lowest BCUT2D eigenvalue weighted by Crippen LogP contribution is -1.93. The van der Waals surface area contributed by atoms with E-state index in [1.54, 1.807) is 25.7 Å². The first-order valence-corrected chi connectivity index (χ1v) is 4.55. The standard InChI is InChI=1S/C11H11N3O/c1-15-10-4-2-9(3-5-10)14-11-8-12-6-7-13-11/h2-8H,1H3,(H,13,14). The second-order valence-corrected chi connectivity index (χ2v) is 2.94. The summed E-state index contributed by atoms with van der Waals surface area (Å²) in [5.74, 6) is 1.56. The van der Waals surface area contributed by atoms with Crippen LogP contribution in [0.1, 0.15) is 0 Å². The van der Waals surface area contributed by atoms with Crippen molar-refractivity contribution < 1.29 is 4.74 Å². The van der Waals surface area contributed by atoms with E-state index in [9.17, 15) is 0 Å². The first kappa shape index (κ1) is 9.45. The van der Waals surface area contributed by atoms with Crippen LogP contribution < -0.4 is 10.1 Å². The van der Waals surface area contributed by atoms with Gasteiger partial charge in [0, 0.05) is 18.1 Å². The average Bonchev–Trinajstić information content (AvgIpc) is 2.31. The molecule has 0 aliphatic rings. The SMILES string of the molecule is COc1ccc(Nc2cnccn2)cc1. The Morgan fingerprint density at radius 3 is 2.53 bits per heavy atom. The molecular weight excluding hydrogens is 190 g/mol. The van der Waals surface area contributed by atoms with Gasteiger partial charge in [0.2, 0.25) is 0 Å². The molecule has 0 saturated carbocycles. The van der Waals surface area contributed by atoms with Crippen molar-refractivity contribution in [2.45, 2.75) is 0 Å². The Balaban J connectivity index is 2.11. The maximum absolute atomic E-state index is 5.06. The molecule has 0 bridgehead atoms. The second-order valence-electron chi connectivity index (χ2n) is 2.94. The summed E-state index contributed by atoms with van der Waals surface area (Å²) in [4.78, 5) is 8.08. The highest BCUT2D eigenvalue weighted by Crippen LogP contribution is 2.17. The smallest absolute Gasteiger partial charge is 0.148 e. The van der Waals surface area contributed by atoms with Gasteiger partial charge < -0.3 is 10.1 Å². The molecule has 0 saturated heterocycles. The molecule has 0 atom stereocenters. The first-order valence-electron chi connectivity index (χ1n) is 4.55. The largest absolute Gasteiger partial charge is 0.497 e. The van der Waals surface area contributed by atoms with Gasteiger partial charge in [-0.1, -0.05) is 0 Å². The van der Waals surface area contributed by atoms with E-state index in [4.69, 9.17) is 4.74 Å². The third-order valence-corrected chi connectivity index (χ3v) is 1.93. The Morgan fingerprint density at radius 2 is 1.93 bits per heavy atom. The van der Waals surface area contributed by atoms with Gasteiger partial charge in [-0.3, -0.25) is 4.98 Å². The van der Waals surface area contributed by atoms with Crippen LogP contribution >= 0.6 is 0 Å². The molecule has 0 amide bonds. The van der Waals surface area contributed by atoms with Crippen molar-refractivity contribution in [3.8, 4) is 5.75 Å². The van der Waals surface area contributed by atoms with Crippen molar-refractivity contribution in [3.63, 3.8) is 0 Å². The third kappa shape index (κ3) is 2.43. The molecule has 0 aliphatic carbocycles. The molecular formula is C11H11N3O. The lowest BCUT2D eigenvalue weighted by atomic mass is 10.3. The van der Waals surface area contributed by atoms with Crippen LogP contribution in [0.2, 0.25) is 0 Å². The molecule has 0 spiro atoms. The van der Waals surface area contributed by atoms with Crippen molar-refractivity contribution in [3.05, 3.63) is 42.9 Å². The number of rotatable bonds is 3. The predicted octanol–water partition coefficient (Wildman–Crippen LogP) is 2.23. The Bertz CT molecular complexity index is 414. The summed E-state index contributed by atoms with van der Waals surface area (Å²) in [6, 6.07) is 7.62. The highest BCUT2D eigenvalue weighted by Gasteiger charge is 1.95. The summed E-state index contributed by atoms with van der Waals surface area (Å²) in [5.41, 5.74) is 0.955. The molecule has 4 heteroatoms. The number of aromatic nitrogens is 2. The van der Waals surface area contributed by atoms with Gasteiger partial charge in [-0.2, -0.15) is 0 Å². The van der Waals surface area contributed by atoms with Gasteiger partial charge in [-0.15, -0.1) is 0 Å². The maximum atomic E-state index is 5.06. The molecule has 15 heavy (non-hydrogen) atoms.